The maximum absolute atomic E-state index is 12.8. The molecule has 4 N–H and O–H groups in total. The Balaban J connectivity index is 2.44. The fraction of sp³-hybridized carbons (Fsp3) is 0.976. The van der Waals surface area contributed by atoms with Gasteiger partial charge in [0.2, 0.25) is 0 Å². The highest BCUT2D eigenvalue weighted by Gasteiger charge is 2.48. The van der Waals surface area contributed by atoms with Crippen molar-refractivity contribution in [2.75, 3.05) is 26.4 Å². The van der Waals surface area contributed by atoms with Crippen molar-refractivity contribution >= 4 is 16.4 Å². The summed E-state index contributed by atoms with van der Waals surface area (Å²) in [5.74, 6) is -0.395. The molecule has 0 radical (unpaired) electrons. The molecule has 54 heavy (non-hydrogen) atoms. The molecule has 0 aromatic rings. The Morgan fingerprint density at radius 2 is 1.06 bits per heavy atom. The molecule has 1 rings (SSSR count). The summed E-state index contributed by atoms with van der Waals surface area (Å²) in [5, 5.41) is 30.6. The maximum atomic E-state index is 12.8. The second-order valence-electron chi connectivity index (χ2n) is 15.3. The minimum atomic E-state index is -5.05. The first kappa shape index (κ1) is 51.1. The van der Waals surface area contributed by atoms with Crippen molar-refractivity contribution in [2.24, 2.45) is 0 Å². The highest BCUT2D eigenvalue weighted by molar-refractivity contribution is 7.80. The van der Waals surface area contributed by atoms with Gasteiger partial charge in [-0.1, -0.05) is 174 Å². The van der Waals surface area contributed by atoms with Gasteiger partial charge in [-0.05, 0) is 12.8 Å². The van der Waals surface area contributed by atoms with Crippen molar-refractivity contribution in [3.8, 4) is 0 Å². The standard InChI is InChI=1S/C41H80O12S/c1-3-5-7-9-11-13-15-17-19-21-23-25-27-29-31-49-33-35(34-50-41-39(45)40(53-54(46,47)48)38(44)36(32-42)52-41)51-37(43)30-28-26-24-22-20-18-16-14-12-10-8-6-4-2/h35-36,38-42,44-45H,3-34H2,1-2H3,(H,46,47,48). The highest BCUT2D eigenvalue weighted by Crippen LogP contribution is 2.26. The Labute approximate surface area is 328 Å². The summed E-state index contributed by atoms with van der Waals surface area (Å²) in [6.45, 7) is 4.01. The molecule has 13 heteroatoms. The van der Waals surface area contributed by atoms with Crippen LogP contribution in [0.15, 0.2) is 0 Å². The molecule has 0 aromatic heterocycles. The van der Waals surface area contributed by atoms with E-state index in [4.69, 9.17) is 23.5 Å². The summed E-state index contributed by atoms with van der Waals surface area (Å²) in [6, 6.07) is 0. The number of hydrogen-bond acceptors (Lipinski definition) is 11. The molecule has 1 heterocycles. The van der Waals surface area contributed by atoms with Crippen LogP contribution in [0.2, 0.25) is 0 Å². The molecule has 1 fully saturated rings. The van der Waals surface area contributed by atoms with Crippen LogP contribution in [0.4, 0.5) is 0 Å². The molecule has 0 aromatic carbocycles. The van der Waals surface area contributed by atoms with Crippen molar-refractivity contribution in [1.82, 2.24) is 0 Å². The predicted octanol–water partition coefficient (Wildman–Crippen LogP) is 8.52. The van der Waals surface area contributed by atoms with E-state index in [0.717, 1.165) is 38.5 Å². The molecule has 0 aliphatic carbocycles. The van der Waals surface area contributed by atoms with Gasteiger partial charge in [0.25, 0.3) is 0 Å². The fourth-order valence-corrected chi connectivity index (χ4v) is 7.42. The number of carbonyl (C=O) groups excluding carboxylic acids is 1. The van der Waals surface area contributed by atoms with E-state index in [9.17, 15) is 28.5 Å². The molecule has 0 amide bonds. The van der Waals surface area contributed by atoms with Gasteiger partial charge in [-0.15, -0.1) is 0 Å². The second-order valence-corrected chi connectivity index (χ2v) is 16.4. The van der Waals surface area contributed by atoms with Gasteiger partial charge in [0.15, 0.2) is 6.29 Å². The summed E-state index contributed by atoms with van der Waals surface area (Å²) >= 11 is 0. The van der Waals surface area contributed by atoms with Crippen molar-refractivity contribution in [1.29, 1.82) is 0 Å². The van der Waals surface area contributed by atoms with Crippen molar-refractivity contribution in [3.05, 3.63) is 0 Å². The molecule has 6 unspecified atom stereocenters. The molecular weight excluding hydrogens is 717 g/mol. The first-order valence-electron chi connectivity index (χ1n) is 21.8. The number of ether oxygens (including phenoxy) is 4. The van der Waals surface area contributed by atoms with Crippen LogP contribution in [0.1, 0.15) is 194 Å². The van der Waals surface area contributed by atoms with E-state index in [-0.39, 0.29) is 19.6 Å². The van der Waals surface area contributed by atoms with E-state index < -0.39 is 59.8 Å². The smallest absolute Gasteiger partial charge is 0.397 e. The molecule has 0 bridgehead atoms. The highest BCUT2D eigenvalue weighted by atomic mass is 32.3. The van der Waals surface area contributed by atoms with Crippen molar-refractivity contribution < 1.29 is 56.2 Å². The Bertz CT molecular complexity index is 968. The molecule has 1 saturated heterocycles. The molecular formula is C41H80O12S. The number of carbonyl (C=O) groups is 1. The maximum Gasteiger partial charge on any atom is 0.397 e. The Hall–Kier alpha value is -0.900. The summed E-state index contributed by atoms with van der Waals surface area (Å²) in [6.07, 6.45) is 24.2. The lowest BCUT2D eigenvalue weighted by molar-refractivity contribution is -0.301. The molecule has 0 saturated carbocycles. The number of aliphatic hydroxyl groups excluding tert-OH is 3. The van der Waals surface area contributed by atoms with Crippen LogP contribution in [0, 0.1) is 0 Å². The van der Waals surface area contributed by atoms with Crippen molar-refractivity contribution in [2.45, 2.75) is 230 Å². The summed E-state index contributed by atoms with van der Waals surface area (Å²) in [5.41, 5.74) is 0. The van der Waals surface area contributed by atoms with Crippen LogP contribution < -0.4 is 0 Å². The first-order valence-corrected chi connectivity index (χ1v) is 23.2. The van der Waals surface area contributed by atoms with E-state index in [2.05, 4.69) is 18.0 Å². The third kappa shape index (κ3) is 27.7. The van der Waals surface area contributed by atoms with Gasteiger partial charge in [-0.3, -0.25) is 9.35 Å². The molecule has 0 spiro atoms. The van der Waals surface area contributed by atoms with E-state index in [1.807, 2.05) is 0 Å². The zero-order chi connectivity index (χ0) is 39.7. The quantitative estimate of drug-likeness (QED) is 0.0266. The Kier molecular flexibility index (Phi) is 32.3. The fourth-order valence-electron chi connectivity index (χ4n) is 6.91. The lowest BCUT2D eigenvalue weighted by atomic mass is 9.99. The number of hydrogen-bond donors (Lipinski definition) is 4. The van der Waals surface area contributed by atoms with Crippen LogP contribution in [0.5, 0.6) is 0 Å². The lowest BCUT2D eigenvalue weighted by Gasteiger charge is -2.41. The van der Waals surface area contributed by atoms with Gasteiger partial charge >= 0.3 is 16.4 Å². The molecule has 1 aliphatic rings. The minimum absolute atomic E-state index is 0.0443. The Morgan fingerprint density at radius 3 is 1.48 bits per heavy atom. The number of rotatable bonds is 38. The number of aliphatic hydroxyl groups is 3. The van der Waals surface area contributed by atoms with Crippen LogP contribution in [0.25, 0.3) is 0 Å². The summed E-state index contributed by atoms with van der Waals surface area (Å²) in [7, 11) is -5.05. The van der Waals surface area contributed by atoms with Crippen LogP contribution in [-0.2, 0) is 38.3 Å². The average Bonchev–Trinajstić information content (AvgIpc) is 3.14. The van der Waals surface area contributed by atoms with E-state index >= 15 is 0 Å². The Morgan fingerprint density at radius 1 is 0.630 bits per heavy atom. The van der Waals surface area contributed by atoms with Gasteiger partial charge < -0.3 is 34.3 Å². The molecule has 1 aliphatic heterocycles. The lowest BCUT2D eigenvalue weighted by Crippen LogP contribution is -2.60. The second kappa shape index (κ2) is 34.2. The monoisotopic (exact) mass is 797 g/mol. The normalized spacial score (nSPS) is 21.0. The van der Waals surface area contributed by atoms with Crippen LogP contribution >= 0.6 is 0 Å². The zero-order valence-electron chi connectivity index (χ0n) is 34.1. The third-order valence-corrected chi connectivity index (χ3v) is 10.7. The topological polar surface area (TPSA) is 178 Å². The van der Waals surface area contributed by atoms with E-state index in [1.165, 1.54) is 128 Å². The largest absolute Gasteiger partial charge is 0.457 e. The molecule has 12 nitrogen and oxygen atoms in total. The van der Waals surface area contributed by atoms with Gasteiger partial charge in [-0.25, -0.2) is 4.18 Å². The summed E-state index contributed by atoms with van der Waals surface area (Å²) in [4.78, 5) is 12.8. The van der Waals surface area contributed by atoms with Crippen LogP contribution in [-0.4, -0.2) is 97.5 Å². The molecule has 6 atom stereocenters. The average molecular weight is 797 g/mol. The minimum Gasteiger partial charge on any atom is -0.457 e. The number of unbranched alkanes of at least 4 members (excludes halogenated alkanes) is 25. The predicted molar refractivity (Wildman–Crippen MR) is 211 cm³/mol. The number of esters is 1. The van der Waals surface area contributed by atoms with Gasteiger partial charge in [0.05, 0.1) is 19.8 Å². The SMILES string of the molecule is CCCCCCCCCCCCCCCCOCC(COC1OC(CO)C(O)C(OS(=O)(=O)O)C1O)OC(=O)CCCCCCCCCCCCCCC. The first-order chi connectivity index (χ1) is 26.1. The van der Waals surface area contributed by atoms with Gasteiger partial charge in [0.1, 0.15) is 30.5 Å². The van der Waals surface area contributed by atoms with Crippen molar-refractivity contribution in [3.63, 3.8) is 0 Å². The van der Waals surface area contributed by atoms with E-state index in [0.29, 0.717) is 13.0 Å². The molecule has 322 valence electrons. The summed E-state index contributed by atoms with van der Waals surface area (Å²) < 4.78 is 58.9. The van der Waals surface area contributed by atoms with Gasteiger partial charge in [-0.2, -0.15) is 8.42 Å². The van der Waals surface area contributed by atoms with Gasteiger partial charge in [0, 0.05) is 13.0 Å². The van der Waals surface area contributed by atoms with E-state index in [1.54, 1.807) is 0 Å². The van der Waals surface area contributed by atoms with Crippen LogP contribution in [0.3, 0.4) is 0 Å². The third-order valence-electron chi connectivity index (χ3n) is 10.2. The zero-order valence-corrected chi connectivity index (χ0v) is 34.9.